The number of hydrogen-bond acceptors (Lipinski definition) is 3. The molecule has 0 aromatic carbocycles. The Morgan fingerprint density at radius 1 is 1.06 bits per heavy atom. The summed E-state index contributed by atoms with van der Waals surface area (Å²) in [5, 5.41) is 21.2. The van der Waals surface area contributed by atoms with Crippen LogP contribution in [0.25, 0.3) is 0 Å². The zero-order valence-corrected chi connectivity index (χ0v) is 10.4. The zero-order valence-electron chi connectivity index (χ0n) is 10.4. The van der Waals surface area contributed by atoms with Crippen LogP contribution in [0.5, 0.6) is 0 Å². The Morgan fingerprint density at radius 2 is 1.41 bits per heavy atom. The Morgan fingerprint density at radius 3 is 1.65 bits per heavy atom. The summed E-state index contributed by atoms with van der Waals surface area (Å²) in [5.74, 6) is -2.80. The molecule has 0 aliphatic carbocycles. The van der Waals surface area contributed by atoms with Crippen LogP contribution in [0.15, 0.2) is 22.5 Å². The highest BCUT2D eigenvalue weighted by Crippen LogP contribution is 2.35. The molecule has 0 radical (unpaired) electrons. The number of nitrogens with one attached hydrogen (secondary N) is 1. The molecule has 0 saturated carbocycles. The molecule has 5 nitrogen and oxygen atoms in total. The number of hydrogen-bond donors (Lipinski definition) is 3. The van der Waals surface area contributed by atoms with Crippen LogP contribution in [0.2, 0.25) is 0 Å². The molecule has 1 rings (SSSR count). The predicted molar refractivity (Wildman–Crippen MR) is 62.1 cm³/mol. The van der Waals surface area contributed by atoms with Crippen molar-refractivity contribution < 1.29 is 19.8 Å². The molecular weight excluding hydrogens is 222 g/mol. The minimum atomic E-state index is -1.07. The fourth-order valence-corrected chi connectivity index (χ4v) is 2.28. The van der Waals surface area contributed by atoms with Crippen molar-refractivity contribution in [3.63, 3.8) is 0 Å². The summed E-state index contributed by atoms with van der Waals surface area (Å²) in [6, 6.07) is 0. The van der Waals surface area contributed by atoms with Gasteiger partial charge in [0.2, 0.25) is 0 Å². The van der Waals surface area contributed by atoms with Crippen LogP contribution in [0, 0.1) is 11.8 Å². The van der Waals surface area contributed by atoms with Crippen LogP contribution >= 0.6 is 0 Å². The van der Waals surface area contributed by atoms with E-state index in [1.165, 1.54) is 0 Å². The lowest BCUT2D eigenvalue weighted by atomic mass is 9.78. The van der Waals surface area contributed by atoms with E-state index in [4.69, 9.17) is 0 Å². The normalized spacial score (nSPS) is 17.5. The van der Waals surface area contributed by atoms with Crippen molar-refractivity contribution in [3.05, 3.63) is 22.5 Å². The molecule has 3 N–H and O–H groups in total. The van der Waals surface area contributed by atoms with Crippen LogP contribution in [0.3, 0.4) is 0 Å². The molecule has 0 bridgehead atoms. The Balaban J connectivity index is 3.39. The third kappa shape index (κ3) is 2.33. The van der Waals surface area contributed by atoms with E-state index in [1.807, 2.05) is 13.8 Å². The molecule has 1 heterocycles. The molecule has 94 valence electrons. The van der Waals surface area contributed by atoms with Gasteiger partial charge in [-0.2, -0.15) is 0 Å². The third-order valence-corrected chi connectivity index (χ3v) is 2.93. The Bertz CT molecular complexity index is 396. The van der Waals surface area contributed by atoms with Crippen LogP contribution in [0.4, 0.5) is 0 Å². The number of aliphatic carboxylic acids is 2. The monoisotopic (exact) mass is 239 g/mol. The molecule has 17 heavy (non-hydrogen) atoms. The molecule has 1 aliphatic rings. The molecular formula is C12H17NO4. The zero-order chi connectivity index (χ0) is 13.3. The first-order valence-corrected chi connectivity index (χ1v) is 5.42. The summed E-state index contributed by atoms with van der Waals surface area (Å²) < 4.78 is 0. The van der Waals surface area contributed by atoms with Gasteiger partial charge in [-0.15, -0.1) is 0 Å². The van der Waals surface area contributed by atoms with Gasteiger partial charge in [0.1, 0.15) is 0 Å². The van der Waals surface area contributed by atoms with Crippen molar-refractivity contribution in [2.45, 2.75) is 27.7 Å². The maximum atomic E-state index is 11.2. The Hall–Kier alpha value is -1.78. The first kappa shape index (κ1) is 13.3. The van der Waals surface area contributed by atoms with E-state index in [0.717, 1.165) is 0 Å². The SMILES string of the molecule is CC1=C(C(=O)O)C(C(C)C)C(C(=O)O)=C(C)N1. The number of carboxylic acids is 2. The maximum Gasteiger partial charge on any atom is 0.333 e. The number of carboxylic acid groups (broad SMARTS) is 2. The van der Waals surface area contributed by atoms with Crippen molar-refractivity contribution in [1.82, 2.24) is 5.32 Å². The fourth-order valence-electron chi connectivity index (χ4n) is 2.28. The van der Waals surface area contributed by atoms with Crippen molar-refractivity contribution in [2.75, 3.05) is 0 Å². The summed E-state index contributed by atoms with van der Waals surface area (Å²) in [4.78, 5) is 22.5. The van der Waals surface area contributed by atoms with Gasteiger partial charge in [-0.05, 0) is 19.8 Å². The molecule has 0 atom stereocenters. The van der Waals surface area contributed by atoms with E-state index < -0.39 is 17.9 Å². The van der Waals surface area contributed by atoms with Crippen molar-refractivity contribution in [3.8, 4) is 0 Å². The van der Waals surface area contributed by atoms with Gasteiger partial charge in [0.05, 0.1) is 11.1 Å². The molecule has 0 amide bonds. The van der Waals surface area contributed by atoms with E-state index in [2.05, 4.69) is 5.32 Å². The second-order valence-electron chi connectivity index (χ2n) is 4.53. The van der Waals surface area contributed by atoms with Gasteiger partial charge in [-0.25, -0.2) is 9.59 Å². The van der Waals surface area contributed by atoms with Gasteiger partial charge in [0.25, 0.3) is 0 Å². The topological polar surface area (TPSA) is 86.6 Å². The van der Waals surface area contributed by atoms with Gasteiger partial charge in [-0.3, -0.25) is 0 Å². The lowest BCUT2D eigenvalue weighted by molar-refractivity contribution is -0.134. The van der Waals surface area contributed by atoms with Crippen molar-refractivity contribution >= 4 is 11.9 Å². The number of allylic oxidation sites excluding steroid dienone is 2. The number of carbonyl (C=O) groups is 2. The fraction of sp³-hybridized carbons (Fsp3) is 0.500. The second-order valence-corrected chi connectivity index (χ2v) is 4.53. The standard InChI is InChI=1S/C12H17NO4/c1-5(2)8-9(11(14)15)6(3)13-7(4)10(8)12(16)17/h5,8,13H,1-4H3,(H,14,15)(H,16,17). The van der Waals surface area contributed by atoms with Gasteiger partial charge in [-0.1, -0.05) is 13.8 Å². The van der Waals surface area contributed by atoms with Crippen LogP contribution in [-0.2, 0) is 9.59 Å². The molecule has 0 fully saturated rings. The minimum Gasteiger partial charge on any atom is -0.478 e. The average molecular weight is 239 g/mol. The molecule has 0 aromatic rings. The van der Waals surface area contributed by atoms with Gasteiger partial charge in [0, 0.05) is 17.3 Å². The first-order valence-electron chi connectivity index (χ1n) is 5.42. The van der Waals surface area contributed by atoms with Crippen molar-refractivity contribution in [2.24, 2.45) is 11.8 Å². The smallest absolute Gasteiger partial charge is 0.333 e. The van der Waals surface area contributed by atoms with Gasteiger partial charge in [0.15, 0.2) is 0 Å². The molecule has 0 aromatic heterocycles. The summed E-state index contributed by atoms with van der Waals surface area (Å²) in [6.07, 6.45) is 0. The molecule has 0 unspecified atom stereocenters. The lowest BCUT2D eigenvalue weighted by Gasteiger charge is -2.30. The van der Waals surface area contributed by atoms with Gasteiger partial charge < -0.3 is 15.5 Å². The van der Waals surface area contributed by atoms with Crippen molar-refractivity contribution in [1.29, 1.82) is 0 Å². The van der Waals surface area contributed by atoms with Crippen LogP contribution in [0.1, 0.15) is 27.7 Å². The highest BCUT2D eigenvalue weighted by molar-refractivity contribution is 5.96. The molecule has 1 aliphatic heterocycles. The maximum absolute atomic E-state index is 11.2. The quantitative estimate of drug-likeness (QED) is 0.696. The van der Waals surface area contributed by atoms with E-state index >= 15 is 0 Å². The largest absolute Gasteiger partial charge is 0.478 e. The van der Waals surface area contributed by atoms with Crippen LogP contribution < -0.4 is 5.32 Å². The Kier molecular flexibility index (Phi) is 3.60. The third-order valence-electron chi connectivity index (χ3n) is 2.93. The van der Waals surface area contributed by atoms with Gasteiger partial charge >= 0.3 is 11.9 Å². The van der Waals surface area contributed by atoms with E-state index in [1.54, 1.807) is 13.8 Å². The lowest BCUT2D eigenvalue weighted by Crippen LogP contribution is -2.34. The summed E-state index contributed by atoms with van der Waals surface area (Å²) in [6.45, 7) is 6.95. The van der Waals surface area contributed by atoms with Crippen LogP contribution in [-0.4, -0.2) is 22.2 Å². The first-order chi connectivity index (χ1) is 7.77. The second kappa shape index (κ2) is 4.61. The highest BCUT2D eigenvalue weighted by atomic mass is 16.4. The number of rotatable bonds is 3. The molecule has 0 spiro atoms. The van der Waals surface area contributed by atoms with E-state index in [-0.39, 0.29) is 17.1 Å². The summed E-state index contributed by atoms with van der Waals surface area (Å²) in [5.41, 5.74) is 1.31. The molecule has 5 heteroatoms. The van der Waals surface area contributed by atoms with E-state index in [0.29, 0.717) is 11.4 Å². The van der Waals surface area contributed by atoms with E-state index in [9.17, 15) is 19.8 Å². The predicted octanol–water partition coefficient (Wildman–Crippen LogP) is 1.58. The number of dihydropyridines is 1. The minimum absolute atomic E-state index is 0.0841. The Labute approximate surface area is 99.8 Å². The molecule has 0 saturated heterocycles. The average Bonchev–Trinajstić information content (AvgIpc) is 2.14. The summed E-state index contributed by atoms with van der Waals surface area (Å²) >= 11 is 0. The summed E-state index contributed by atoms with van der Waals surface area (Å²) in [7, 11) is 0. The highest BCUT2D eigenvalue weighted by Gasteiger charge is 2.36.